The molecule has 1 aliphatic carbocycles. The molecule has 0 bridgehead atoms. The van der Waals surface area contributed by atoms with Crippen molar-refractivity contribution in [3.8, 4) is 0 Å². The molecule has 1 unspecified atom stereocenters. The first kappa shape index (κ1) is 14.6. The van der Waals surface area contributed by atoms with Gasteiger partial charge in [-0.2, -0.15) is 0 Å². The third-order valence-electron chi connectivity index (χ3n) is 5.21. The van der Waals surface area contributed by atoms with Crippen molar-refractivity contribution >= 4 is 11.1 Å². The molecular formula is C18H26N2O. The fraction of sp³-hybridized carbons (Fsp3) is 0.611. The van der Waals surface area contributed by atoms with Gasteiger partial charge < -0.3 is 9.73 Å². The summed E-state index contributed by atoms with van der Waals surface area (Å²) in [7, 11) is 0. The molecule has 1 heterocycles. The molecule has 21 heavy (non-hydrogen) atoms. The Balaban J connectivity index is 1.84. The number of aromatic nitrogens is 1. The van der Waals surface area contributed by atoms with Gasteiger partial charge >= 0.3 is 0 Å². The third-order valence-corrected chi connectivity index (χ3v) is 5.21. The second kappa shape index (κ2) is 6.18. The molecule has 114 valence electrons. The Bertz CT molecular complexity index is 551. The number of para-hydroxylation sites is 2. The van der Waals surface area contributed by atoms with Crippen LogP contribution in [0.2, 0.25) is 0 Å². The topological polar surface area (TPSA) is 38.1 Å². The number of likely N-dealkylation sites (N-methyl/N-ethyl adjacent to an activating group) is 1. The summed E-state index contributed by atoms with van der Waals surface area (Å²) in [6.07, 6.45) is 7.54. The summed E-state index contributed by atoms with van der Waals surface area (Å²) in [5, 5.41) is 3.71. The van der Waals surface area contributed by atoms with Crippen LogP contribution in [0.4, 0.5) is 0 Å². The first-order chi connectivity index (χ1) is 10.3. The lowest BCUT2D eigenvalue weighted by Crippen LogP contribution is -2.45. The highest BCUT2D eigenvalue weighted by atomic mass is 16.3. The monoisotopic (exact) mass is 286 g/mol. The van der Waals surface area contributed by atoms with Gasteiger partial charge in [0, 0.05) is 12.5 Å². The van der Waals surface area contributed by atoms with Crippen molar-refractivity contribution < 1.29 is 4.42 Å². The highest BCUT2D eigenvalue weighted by Crippen LogP contribution is 2.44. The van der Waals surface area contributed by atoms with Gasteiger partial charge in [0.05, 0.1) is 0 Å². The van der Waals surface area contributed by atoms with E-state index in [1.165, 1.54) is 32.1 Å². The summed E-state index contributed by atoms with van der Waals surface area (Å²) in [5.74, 6) is 0.877. The van der Waals surface area contributed by atoms with Gasteiger partial charge in [-0.1, -0.05) is 38.8 Å². The van der Waals surface area contributed by atoms with Crippen LogP contribution in [-0.4, -0.2) is 17.6 Å². The number of nitrogens with one attached hydrogen (secondary N) is 1. The Labute approximate surface area is 127 Å². The summed E-state index contributed by atoms with van der Waals surface area (Å²) < 4.78 is 5.94. The molecule has 0 amide bonds. The van der Waals surface area contributed by atoms with E-state index in [1.807, 2.05) is 24.3 Å². The van der Waals surface area contributed by atoms with Crippen LogP contribution in [-0.2, 0) is 6.42 Å². The minimum atomic E-state index is 0.427. The van der Waals surface area contributed by atoms with Gasteiger partial charge in [-0.25, -0.2) is 4.98 Å². The summed E-state index contributed by atoms with van der Waals surface area (Å²) in [4.78, 5) is 4.66. The molecule has 0 saturated heterocycles. The largest absolute Gasteiger partial charge is 0.441 e. The number of fused-ring (bicyclic) bond motifs is 1. The van der Waals surface area contributed by atoms with Crippen molar-refractivity contribution in [1.29, 1.82) is 0 Å². The van der Waals surface area contributed by atoms with Crippen LogP contribution in [0, 0.1) is 5.41 Å². The van der Waals surface area contributed by atoms with Crippen molar-refractivity contribution in [3.05, 3.63) is 30.2 Å². The maximum Gasteiger partial charge on any atom is 0.197 e. The first-order valence-electron chi connectivity index (χ1n) is 8.35. The van der Waals surface area contributed by atoms with E-state index in [0.717, 1.165) is 30.0 Å². The zero-order valence-electron chi connectivity index (χ0n) is 13.2. The number of rotatable bonds is 6. The van der Waals surface area contributed by atoms with Crippen molar-refractivity contribution in [2.24, 2.45) is 5.41 Å². The van der Waals surface area contributed by atoms with Crippen LogP contribution in [0.1, 0.15) is 51.8 Å². The second-order valence-electron chi connectivity index (χ2n) is 6.31. The molecule has 1 aliphatic rings. The molecule has 3 rings (SSSR count). The molecule has 1 atom stereocenters. The van der Waals surface area contributed by atoms with E-state index in [-0.39, 0.29) is 0 Å². The molecule has 3 nitrogen and oxygen atoms in total. The van der Waals surface area contributed by atoms with Crippen molar-refractivity contribution in [2.75, 3.05) is 6.54 Å². The number of hydrogen-bond acceptors (Lipinski definition) is 3. The molecule has 1 N–H and O–H groups in total. The standard InChI is InChI=1S/C18H26N2O/c1-3-18(11-7-8-12-18)16(19-4-2)13-17-20-14-9-5-6-10-15(14)21-17/h5-6,9-10,16,19H,3-4,7-8,11-13H2,1-2H3. The van der Waals surface area contributed by atoms with E-state index in [9.17, 15) is 0 Å². The van der Waals surface area contributed by atoms with Gasteiger partial charge in [0.2, 0.25) is 0 Å². The molecule has 1 aromatic heterocycles. The van der Waals surface area contributed by atoms with Gasteiger partial charge in [0.25, 0.3) is 0 Å². The van der Waals surface area contributed by atoms with Crippen LogP contribution >= 0.6 is 0 Å². The number of benzene rings is 1. The van der Waals surface area contributed by atoms with Crippen LogP contribution in [0.15, 0.2) is 28.7 Å². The average Bonchev–Trinajstić information content (AvgIpc) is 3.13. The Kier molecular flexibility index (Phi) is 4.29. The molecule has 1 aromatic carbocycles. The minimum Gasteiger partial charge on any atom is -0.441 e. The maximum absolute atomic E-state index is 5.94. The molecule has 3 heteroatoms. The molecule has 0 spiro atoms. The third kappa shape index (κ3) is 2.84. The Morgan fingerprint density at radius 1 is 1.24 bits per heavy atom. The average molecular weight is 286 g/mol. The lowest BCUT2D eigenvalue weighted by Gasteiger charge is -2.37. The van der Waals surface area contributed by atoms with Crippen molar-refractivity contribution in [2.45, 2.75) is 58.4 Å². The fourth-order valence-electron chi connectivity index (χ4n) is 3.96. The van der Waals surface area contributed by atoms with E-state index in [1.54, 1.807) is 0 Å². The number of oxazole rings is 1. The zero-order valence-corrected chi connectivity index (χ0v) is 13.2. The summed E-state index contributed by atoms with van der Waals surface area (Å²) in [6.45, 7) is 5.53. The Morgan fingerprint density at radius 3 is 2.67 bits per heavy atom. The quantitative estimate of drug-likeness (QED) is 0.859. The van der Waals surface area contributed by atoms with Gasteiger partial charge in [0.15, 0.2) is 11.5 Å². The van der Waals surface area contributed by atoms with Crippen molar-refractivity contribution in [1.82, 2.24) is 10.3 Å². The van der Waals surface area contributed by atoms with Crippen LogP contribution in [0.5, 0.6) is 0 Å². The van der Waals surface area contributed by atoms with Gasteiger partial charge in [-0.15, -0.1) is 0 Å². The first-order valence-corrected chi connectivity index (χ1v) is 8.35. The van der Waals surface area contributed by atoms with Gasteiger partial charge in [-0.05, 0) is 43.4 Å². The number of hydrogen-bond donors (Lipinski definition) is 1. The summed E-state index contributed by atoms with van der Waals surface area (Å²) in [5.41, 5.74) is 2.30. The zero-order chi connectivity index (χ0) is 14.7. The van der Waals surface area contributed by atoms with E-state index < -0.39 is 0 Å². The van der Waals surface area contributed by atoms with Gasteiger partial charge in [0.1, 0.15) is 5.52 Å². The van der Waals surface area contributed by atoms with Crippen LogP contribution < -0.4 is 5.32 Å². The predicted molar refractivity (Wildman–Crippen MR) is 86.4 cm³/mol. The van der Waals surface area contributed by atoms with E-state index in [4.69, 9.17) is 4.42 Å². The Hall–Kier alpha value is -1.35. The van der Waals surface area contributed by atoms with E-state index in [0.29, 0.717) is 11.5 Å². The second-order valence-corrected chi connectivity index (χ2v) is 6.31. The normalized spacial score (nSPS) is 19.1. The molecule has 0 aliphatic heterocycles. The number of nitrogens with zero attached hydrogens (tertiary/aromatic N) is 1. The van der Waals surface area contributed by atoms with E-state index >= 15 is 0 Å². The molecule has 2 aromatic rings. The molecule has 1 saturated carbocycles. The van der Waals surface area contributed by atoms with Crippen LogP contribution in [0.25, 0.3) is 11.1 Å². The fourth-order valence-corrected chi connectivity index (χ4v) is 3.96. The molecular weight excluding hydrogens is 260 g/mol. The highest BCUT2D eigenvalue weighted by Gasteiger charge is 2.39. The Morgan fingerprint density at radius 2 is 2.00 bits per heavy atom. The lowest BCUT2D eigenvalue weighted by molar-refractivity contribution is 0.179. The smallest absolute Gasteiger partial charge is 0.197 e. The van der Waals surface area contributed by atoms with Gasteiger partial charge in [-0.3, -0.25) is 0 Å². The summed E-state index contributed by atoms with van der Waals surface area (Å²) >= 11 is 0. The summed E-state index contributed by atoms with van der Waals surface area (Å²) in [6, 6.07) is 8.52. The minimum absolute atomic E-state index is 0.427. The highest BCUT2D eigenvalue weighted by molar-refractivity contribution is 5.72. The lowest BCUT2D eigenvalue weighted by atomic mass is 9.75. The molecule has 1 fully saturated rings. The predicted octanol–water partition coefficient (Wildman–Crippen LogP) is 4.32. The van der Waals surface area contributed by atoms with E-state index in [2.05, 4.69) is 24.1 Å². The SMILES string of the molecule is CCNC(Cc1nc2ccccc2o1)C1(CC)CCCC1. The van der Waals surface area contributed by atoms with Crippen molar-refractivity contribution in [3.63, 3.8) is 0 Å². The van der Waals surface area contributed by atoms with Crippen LogP contribution in [0.3, 0.4) is 0 Å². The molecule has 0 radical (unpaired) electrons. The maximum atomic E-state index is 5.94.